The molecule has 5 N–H and O–H groups in total. The van der Waals surface area contributed by atoms with Gasteiger partial charge in [0.15, 0.2) is 0 Å². The molecule has 31 heavy (non-hydrogen) atoms. The predicted molar refractivity (Wildman–Crippen MR) is 123 cm³/mol. The molecule has 4 rings (SSSR count). The molecule has 0 heterocycles. The van der Waals surface area contributed by atoms with Gasteiger partial charge in [-0.25, -0.2) is 5.84 Å². The number of fused-ring (bicyclic) bond motifs is 5. The van der Waals surface area contributed by atoms with Crippen LogP contribution in [-0.4, -0.2) is 28.3 Å². The first-order chi connectivity index (χ1) is 14.7. The third-order valence-electron chi connectivity index (χ3n) is 11.1. The van der Waals surface area contributed by atoms with Crippen LogP contribution in [0, 0.1) is 52.3 Å². The third kappa shape index (κ3) is 3.67. The molecule has 1 amide bonds. The van der Waals surface area contributed by atoms with Gasteiger partial charge in [0.05, 0.1) is 12.2 Å². The fourth-order valence-electron chi connectivity index (χ4n) is 9.56. The maximum absolute atomic E-state index is 11.7. The largest absolute Gasteiger partial charge is 0.393 e. The van der Waals surface area contributed by atoms with Crippen molar-refractivity contribution < 1.29 is 15.0 Å². The van der Waals surface area contributed by atoms with Gasteiger partial charge in [0.1, 0.15) is 0 Å². The van der Waals surface area contributed by atoms with Crippen LogP contribution in [0.4, 0.5) is 0 Å². The Kier molecular flexibility index (Phi) is 6.53. The Hall–Kier alpha value is -0.650. The van der Waals surface area contributed by atoms with Gasteiger partial charge in [-0.1, -0.05) is 34.1 Å². The number of aliphatic hydroxyl groups is 2. The molecule has 5 heteroatoms. The molecule has 4 saturated carbocycles. The van der Waals surface area contributed by atoms with E-state index >= 15 is 0 Å². The first-order valence-electron chi connectivity index (χ1n) is 13.0. The molecule has 0 aliphatic heterocycles. The zero-order valence-electron chi connectivity index (χ0n) is 20.1. The van der Waals surface area contributed by atoms with E-state index in [1.165, 1.54) is 25.7 Å². The van der Waals surface area contributed by atoms with Gasteiger partial charge < -0.3 is 10.2 Å². The Morgan fingerprint density at radius 3 is 2.42 bits per heavy atom. The van der Waals surface area contributed by atoms with Crippen molar-refractivity contribution in [3.8, 4) is 0 Å². The third-order valence-corrected chi connectivity index (χ3v) is 11.1. The lowest BCUT2D eigenvalue weighted by atomic mass is 9.41. The first-order valence-corrected chi connectivity index (χ1v) is 13.0. The van der Waals surface area contributed by atoms with E-state index in [-0.39, 0.29) is 28.9 Å². The van der Waals surface area contributed by atoms with Gasteiger partial charge >= 0.3 is 0 Å². The van der Waals surface area contributed by atoms with Crippen molar-refractivity contribution in [2.45, 2.75) is 104 Å². The number of rotatable bonds is 5. The van der Waals surface area contributed by atoms with Gasteiger partial charge in [0, 0.05) is 6.42 Å². The summed E-state index contributed by atoms with van der Waals surface area (Å²) in [6, 6.07) is 0. The summed E-state index contributed by atoms with van der Waals surface area (Å²) >= 11 is 0. The number of hydrogen-bond acceptors (Lipinski definition) is 4. The summed E-state index contributed by atoms with van der Waals surface area (Å²) in [4.78, 5) is 11.7. The molecule has 0 aromatic rings. The second kappa shape index (κ2) is 8.61. The van der Waals surface area contributed by atoms with Crippen LogP contribution in [0.5, 0.6) is 0 Å². The lowest BCUT2D eigenvalue weighted by molar-refractivity contribution is -0.203. The van der Waals surface area contributed by atoms with Crippen LogP contribution in [0.3, 0.4) is 0 Å². The average Bonchev–Trinajstić information content (AvgIpc) is 3.10. The molecular weight excluding hydrogens is 388 g/mol. The van der Waals surface area contributed by atoms with E-state index in [9.17, 15) is 15.0 Å². The smallest absolute Gasteiger partial charge is 0.233 e. The molecule has 5 nitrogen and oxygen atoms in total. The fourth-order valence-corrected chi connectivity index (χ4v) is 9.56. The molecule has 4 unspecified atom stereocenters. The highest BCUT2D eigenvalue weighted by Crippen LogP contribution is 2.69. The summed E-state index contributed by atoms with van der Waals surface area (Å²) in [5, 5.41) is 22.2. The van der Waals surface area contributed by atoms with Gasteiger partial charge in [0.2, 0.25) is 5.91 Å². The van der Waals surface area contributed by atoms with Crippen molar-refractivity contribution in [1.82, 2.24) is 5.43 Å². The molecule has 0 bridgehead atoms. The fraction of sp³-hybridized carbons (Fsp3) is 0.962. The number of hydrazine groups is 1. The first kappa shape index (κ1) is 23.5. The van der Waals surface area contributed by atoms with Crippen molar-refractivity contribution >= 4 is 5.91 Å². The minimum Gasteiger partial charge on any atom is -0.393 e. The van der Waals surface area contributed by atoms with Crippen LogP contribution in [-0.2, 0) is 4.79 Å². The summed E-state index contributed by atoms with van der Waals surface area (Å²) in [5.74, 6) is 8.66. The molecule has 11 atom stereocenters. The topological polar surface area (TPSA) is 95.6 Å². The molecular formula is C26H46N2O3. The van der Waals surface area contributed by atoms with Crippen LogP contribution in [0.25, 0.3) is 0 Å². The zero-order valence-corrected chi connectivity index (χ0v) is 20.1. The van der Waals surface area contributed by atoms with E-state index in [1.807, 2.05) is 0 Å². The van der Waals surface area contributed by atoms with Gasteiger partial charge in [-0.15, -0.1) is 0 Å². The highest BCUT2D eigenvalue weighted by atomic mass is 16.3. The van der Waals surface area contributed by atoms with E-state index in [1.54, 1.807) is 0 Å². The SMILES string of the molecule is CC[C@H]1[C@@H](O)C2C3CCC([C@H](C)CCC(=O)NN)[C@@]3(C)CCC2[C@@]2(C)CC[C@@H](O)C[C@@H]12. The minimum atomic E-state index is -0.236. The number of carbonyl (C=O) groups is 1. The maximum Gasteiger partial charge on any atom is 0.233 e. The van der Waals surface area contributed by atoms with Crippen molar-refractivity contribution in [2.24, 2.45) is 58.1 Å². The normalized spacial score (nSPS) is 50.2. The lowest BCUT2D eigenvalue weighted by Crippen LogP contribution is -2.62. The lowest BCUT2D eigenvalue weighted by Gasteiger charge is -2.64. The summed E-state index contributed by atoms with van der Waals surface area (Å²) < 4.78 is 0. The zero-order chi connectivity index (χ0) is 22.6. The van der Waals surface area contributed by atoms with Gasteiger partial charge in [0.25, 0.3) is 0 Å². The Labute approximate surface area is 188 Å². The number of aliphatic hydroxyl groups excluding tert-OH is 2. The predicted octanol–water partition coefficient (Wildman–Crippen LogP) is 4.02. The summed E-state index contributed by atoms with van der Waals surface area (Å²) in [6.45, 7) is 9.55. The molecule has 0 aromatic heterocycles. The average molecular weight is 435 g/mol. The standard InChI is InChI=1S/C26H46N2O3/c1-5-17-21-14-16(29)10-12-26(21,4)20-11-13-25(3)18(15(2)6-9-22(30)28-27)7-8-19(25)23(20)24(17)31/h15-21,23-24,29,31H,5-14,27H2,1-4H3,(H,28,30)/t15-,16-,17-,18?,19?,20?,21+,23?,24-,25-,26-/m1/s1. The number of hydrogen-bond donors (Lipinski definition) is 4. The molecule has 0 aromatic carbocycles. The maximum atomic E-state index is 11.7. The Morgan fingerprint density at radius 2 is 1.74 bits per heavy atom. The van der Waals surface area contributed by atoms with Crippen LogP contribution >= 0.6 is 0 Å². The molecule has 4 aliphatic carbocycles. The van der Waals surface area contributed by atoms with Gasteiger partial charge in [-0.05, 0) is 104 Å². The van der Waals surface area contributed by atoms with E-state index in [2.05, 4.69) is 33.1 Å². The van der Waals surface area contributed by atoms with E-state index in [4.69, 9.17) is 5.84 Å². The molecule has 0 radical (unpaired) electrons. The van der Waals surface area contributed by atoms with Crippen molar-refractivity contribution in [3.63, 3.8) is 0 Å². The molecule has 0 spiro atoms. The Balaban J connectivity index is 1.58. The monoisotopic (exact) mass is 434 g/mol. The van der Waals surface area contributed by atoms with E-state index < -0.39 is 0 Å². The van der Waals surface area contributed by atoms with Crippen molar-refractivity contribution in [2.75, 3.05) is 0 Å². The van der Waals surface area contributed by atoms with Crippen LogP contribution in [0.2, 0.25) is 0 Å². The van der Waals surface area contributed by atoms with Crippen LogP contribution in [0.1, 0.15) is 91.9 Å². The van der Waals surface area contributed by atoms with Crippen LogP contribution < -0.4 is 11.3 Å². The van der Waals surface area contributed by atoms with Crippen LogP contribution in [0.15, 0.2) is 0 Å². The number of nitrogens with one attached hydrogen (secondary N) is 1. The molecule has 4 fully saturated rings. The second-order valence-corrected chi connectivity index (χ2v) is 12.2. The summed E-state index contributed by atoms with van der Waals surface area (Å²) in [7, 11) is 0. The summed E-state index contributed by atoms with van der Waals surface area (Å²) in [6.07, 6.45) is 9.78. The minimum absolute atomic E-state index is 0.0674. The van der Waals surface area contributed by atoms with E-state index in [0.717, 1.165) is 32.1 Å². The summed E-state index contributed by atoms with van der Waals surface area (Å²) in [5.41, 5.74) is 2.79. The molecule has 178 valence electrons. The highest BCUT2D eigenvalue weighted by Gasteiger charge is 2.64. The van der Waals surface area contributed by atoms with Gasteiger partial charge in [-0.3, -0.25) is 10.2 Å². The highest BCUT2D eigenvalue weighted by molar-refractivity contribution is 5.75. The Morgan fingerprint density at radius 1 is 1.06 bits per heavy atom. The quantitative estimate of drug-likeness (QED) is 0.299. The van der Waals surface area contributed by atoms with Gasteiger partial charge in [-0.2, -0.15) is 0 Å². The number of nitrogens with two attached hydrogens (primary N) is 1. The number of amides is 1. The number of carbonyl (C=O) groups excluding carboxylic acids is 1. The molecule has 0 saturated heterocycles. The van der Waals surface area contributed by atoms with E-state index in [0.29, 0.717) is 47.8 Å². The second-order valence-electron chi connectivity index (χ2n) is 12.2. The van der Waals surface area contributed by atoms with Crippen molar-refractivity contribution in [3.05, 3.63) is 0 Å². The molecule has 4 aliphatic rings. The Bertz CT molecular complexity index is 671. The van der Waals surface area contributed by atoms with Crippen molar-refractivity contribution in [1.29, 1.82) is 0 Å².